The second kappa shape index (κ2) is 18.8. The summed E-state index contributed by atoms with van der Waals surface area (Å²) >= 11 is 0. The lowest BCUT2D eigenvalue weighted by molar-refractivity contribution is -0.150. The first-order valence-corrected chi connectivity index (χ1v) is 21.8. The zero-order chi connectivity index (χ0) is 44.9. The van der Waals surface area contributed by atoms with Gasteiger partial charge in [-0.3, -0.25) is 9.59 Å². The number of aryl methyl sites for hydroxylation is 1. The number of unbranched alkanes of at least 4 members (excludes halogenated alkanes) is 4. The normalized spacial score (nSPS) is 15.8. The Hall–Kier alpha value is -5.97. The van der Waals surface area contributed by atoms with Crippen LogP contribution in [0, 0.1) is 0 Å². The number of hydrogen-bond donors (Lipinski definition) is 0. The van der Waals surface area contributed by atoms with Crippen LogP contribution < -0.4 is 18.9 Å². The van der Waals surface area contributed by atoms with E-state index >= 15 is 0 Å². The molecule has 1 aliphatic carbocycles. The molecule has 63 heavy (non-hydrogen) atoms. The molecule has 0 saturated carbocycles. The number of rotatable bonds is 18. The largest absolute Gasteiger partial charge is 0.493 e. The highest BCUT2D eigenvalue weighted by Crippen LogP contribution is 2.59. The van der Waals surface area contributed by atoms with Gasteiger partial charge in [0.25, 0.3) is 0 Å². The van der Waals surface area contributed by atoms with E-state index in [-0.39, 0.29) is 26.1 Å². The molecule has 2 aliphatic rings. The first-order valence-electron chi connectivity index (χ1n) is 21.8. The van der Waals surface area contributed by atoms with Crippen molar-refractivity contribution in [2.45, 2.75) is 96.3 Å². The van der Waals surface area contributed by atoms with Crippen LogP contribution in [-0.2, 0) is 42.7 Å². The number of methoxy groups -OCH3 is 2. The predicted octanol–water partition coefficient (Wildman–Crippen LogP) is 12.3. The Balaban J connectivity index is 1.17. The molecule has 0 amide bonds. The summed E-state index contributed by atoms with van der Waals surface area (Å²) in [5.74, 6) is 1.15. The first kappa shape index (κ1) is 45.1. The van der Waals surface area contributed by atoms with Crippen molar-refractivity contribution in [2.24, 2.45) is 0 Å². The van der Waals surface area contributed by atoms with Gasteiger partial charge in [-0.2, -0.15) is 13.2 Å². The van der Waals surface area contributed by atoms with Gasteiger partial charge in [-0.15, -0.1) is 0 Å². The van der Waals surface area contributed by atoms with E-state index in [1.54, 1.807) is 20.3 Å². The van der Waals surface area contributed by atoms with Crippen molar-refractivity contribution in [1.29, 1.82) is 0 Å². The molecule has 5 aromatic carbocycles. The number of carbonyl (C=O) groups excluding carboxylic acids is 2. The molecule has 0 aromatic heterocycles. The minimum Gasteiger partial charge on any atom is -0.493 e. The molecule has 8 nitrogen and oxygen atoms in total. The highest BCUT2D eigenvalue weighted by Gasteiger charge is 2.45. The van der Waals surface area contributed by atoms with E-state index in [0.717, 1.165) is 82.5 Å². The Morgan fingerprint density at radius 1 is 0.714 bits per heavy atom. The fourth-order valence-electron chi connectivity index (χ4n) is 8.80. The van der Waals surface area contributed by atoms with Gasteiger partial charge in [0.2, 0.25) is 0 Å². The molecule has 11 heteroatoms. The fourth-order valence-corrected chi connectivity index (χ4v) is 8.80. The molecule has 1 atom stereocenters. The molecule has 0 spiro atoms. The van der Waals surface area contributed by atoms with Crippen LogP contribution in [0.2, 0.25) is 0 Å². The maximum absolute atomic E-state index is 14.1. The van der Waals surface area contributed by atoms with Crippen LogP contribution in [0.1, 0.15) is 112 Å². The minimum absolute atomic E-state index is 0.00673. The van der Waals surface area contributed by atoms with Crippen LogP contribution in [0.25, 0.3) is 28.0 Å². The van der Waals surface area contributed by atoms with E-state index in [1.165, 1.54) is 12.5 Å². The van der Waals surface area contributed by atoms with Crippen LogP contribution in [0.5, 0.6) is 23.0 Å². The van der Waals surface area contributed by atoms with Crippen molar-refractivity contribution in [3.63, 3.8) is 0 Å². The zero-order valence-corrected chi connectivity index (χ0v) is 36.8. The molecule has 7 rings (SSSR count). The number of benzene rings is 5. The van der Waals surface area contributed by atoms with Crippen molar-refractivity contribution in [3.8, 4) is 34.1 Å². The molecular weight excluding hydrogens is 810 g/mol. The molecule has 0 saturated heterocycles. The first-order chi connectivity index (χ1) is 30.2. The standard InChI is InChI=1S/C52H55F3O8/c1-7-9-10-11-12-27-61-45(56)23-24-46(57)62-29-28-60-37-20-17-35(18-21-37)51(34-15-13-33(8-2)14-16-34)26-25-39-48-47(38-22-19-36(52(53,54)55)30-42(38)50(48,3)4)40-31-43(58-5)44(59-6)32-41(40)49(39)63-51/h13-22,25-26,30-32H,7-12,23-24,27-29H2,1-6H3. The molecule has 1 heterocycles. The molecule has 1 aliphatic heterocycles. The number of esters is 2. The van der Waals surface area contributed by atoms with Gasteiger partial charge in [-0.1, -0.05) is 102 Å². The van der Waals surface area contributed by atoms with Gasteiger partial charge in [-0.05, 0) is 88.5 Å². The van der Waals surface area contributed by atoms with E-state index in [2.05, 4.69) is 38.1 Å². The smallest absolute Gasteiger partial charge is 0.416 e. The van der Waals surface area contributed by atoms with Crippen LogP contribution in [-0.4, -0.2) is 46.0 Å². The Labute approximate surface area is 367 Å². The maximum Gasteiger partial charge on any atom is 0.416 e. The second-order valence-corrected chi connectivity index (χ2v) is 16.6. The van der Waals surface area contributed by atoms with Crippen molar-refractivity contribution in [2.75, 3.05) is 34.0 Å². The highest BCUT2D eigenvalue weighted by atomic mass is 19.4. The molecule has 0 bridgehead atoms. The molecule has 332 valence electrons. The number of fused-ring (bicyclic) bond motifs is 8. The van der Waals surface area contributed by atoms with Gasteiger partial charge in [0.15, 0.2) is 17.1 Å². The average Bonchev–Trinajstić information content (AvgIpc) is 3.53. The lowest BCUT2D eigenvalue weighted by atomic mass is 9.76. The van der Waals surface area contributed by atoms with Gasteiger partial charge in [0.1, 0.15) is 24.7 Å². The van der Waals surface area contributed by atoms with Crippen molar-refractivity contribution in [3.05, 3.63) is 124 Å². The van der Waals surface area contributed by atoms with Crippen LogP contribution in [0.3, 0.4) is 0 Å². The number of carbonyl (C=O) groups is 2. The Kier molecular flexibility index (Phi) is 13.4. The molecule has 0 N–H and O–H groups in total. The Morgan fingerprint density at radius 2 is 1.33 bits per heavy atom. The minimum atomic E-state index is -4.51. The lowest BCUT2D eigenvalue weighted by Gasteiger charge is -2.38. The zero-order valence-electron chi connectivity index (χ0n) is 36.8. The third-order valence-corrected chi connectivity index (χ3v) is 12.2. The number of alkyl halides is 3. The van der Waals surface area contributed by atoms with E-state index in [1.807, 2.05) is 62.4 Å². The van der Waals surface area contributed by atoms with E-state index < -0.39 is 34.7 Å². The third kappa shape index (κ3) is 9.11. The van der Waals surface area contributed by atoms with Crippen molar-refractivity contribution < 1.29 is 51.2 Å². The number of halogens is 3. The SMILES string of the molecule is CCCCCCCOC(=O)CCC(=O)OCCOc1ccc(C2(c3ccc(CC)cc3)C=Cc3c4c(c5cc(OC)c(OC)cc5c3O2)-c2ccc(C(F)(F)F)cc2C4(C)C)cc1. The summed E-state index contributed by atoms with van der Waals surface area (Å²) < 4.78 is 77.9. The molecular formula is C52H55F3O8. The summed E-state index contributed by atoms with van der Waals surface area (Å²) in [6, 6.07) is 23.5. The molecule has 0 fully saturated rings. The predicted molar refractivity (Wildman–Crippen MR) is 238 cm³/mol. The van der Waals surface area contributed by atoms with Gasteiger partial charge in [0.05, 0.1) is 39.2 Å². The summed E-state index contributed by atoms with van der Waals surface area (Å²) in [4.78, 5) is 24.4. The van der Waals surface area contributed by atoms with Crippen LogP contribution in [0.15, 0.2) is 84.9 Å². The average molecular weight is 865 g/mol. The van der Waals surface area contributed by atoms with E-state index in [9.17, 15) is 22.8 Å². The topological polar surface area (TPSA) is 89.5 Å². The van der Waals surface area contributed by atoms with E-state index in [4.69, 9.17) is 28.4 Å². The second-order valence-electron chi connectivity index (χ2n) is 16.6. The Morgan fingerprint density at radius 3 is 1.95 bits per heavy atom. The maximum atomic E-state index is 14.1. The molecule has 0 radical (unpaired) electrons. The van der Waals surface area contributed by atoms with Crippen LogP contribution in [0.4, 0.5) is 13.2 Å². The monoisotopic (exact) mass is 864 g/mol. The quantitative estimate of drug-likeness (QED) is 0.0635. The molecule has 5 aromatic rings. The van der Waals surface area contributed by atoms with E-state index in [0.29, 0.717) is 40.6 Å². The highest BCUT2D eigenvalue weighted by molar-refractivity contribution is 6.09. The summed E-state index contributed by atoms with van der Waals surface area (Å²) in [7, 11) is 3.11. The fraction of sp³-hybridized carbons (Fsp3) is 0.385. The summed E-state index contributed by atoms with van der Waals surface area (Å²) in [6.45, 7) is 8.62. The third-order valence-electron chi connectivity index (χ3n) is 12.2. The summed E-state index contributed by atoms with van der Waals surface area (Å²) in [5.41, 5.74) is 3.89. The van der Waals surface area contributed by atoms with Gasteiger partial charge >= 0.3 is 18.1 Å². The van der Waals surface area contributed by atoms with Crippen molar-refractivity contribution in [1.82, 2.24) is 0 Å². The molecule has 1 unspecified atom stereocenters. The summed E-state index contributed by atoms with van der Waals surface area (Å²) in [5, 5.41) is 1.48. The van der Waals surface area contributed by atoms with Gasteiger partial charge in [-0.25, -0.2) is 0 Å². The van der Waals surface area contributed by atoms with Crippen LogP contribution >= 0.6 is 0 Å². The number of hydrogen-bond acceptors (Lipinski definition) is 8. The lowest BCUT2D eigenvalue weighted by Crippen LogP contribution is -2.35. The summed E-state index contributed by atoms with van der Waals surface area (Å²) in [6.07, 6.45) is 5.56. The van der Waals surface area contributed by atoms with Crippen molar-refractivity contribution >= 4 is 28.8 Å². The number of ether oxygens (including phenoxy) is 6. The van der Waals surface area contributed by atoms with Gasteiger partial charge in [0, 0.05) is 27.5 Å². The van der Waals surface area contributed by atoms with Gasteiger partial charge < -0.3 is 28.4 Å². The Bertz CT molecular complexity index is 2490.